The van der Waals surface area contributed by atoms with Crippen molar-refractivity contribution in [1.82, 2.24) is 10.6 Å². The molecule has 1 atom stereocenters. The molecule has 4 nitrogen and oxygen atoms in total. The molecule has 0 aromatic heterocycles. The van der Waals surface area contributed by atoms with Crippen molar-refractivity contribution in [2.75, 3.05) is 19.7 Å². The smallest absolute Gasteiger partial charge is 0.234 e. The summed E-state index contributed by atoms with van der Waals surface area (Å²) in [6.45, 7) is 2.11. The Balaban J connectivity index is 1.56. The highest BCUT2D eigenvalue weighted by Gasteiger charge is 2.17. The number of hydrogen-bond donors (Lipinski definition) is 2. The molecule has 1 amide bonds. The summed E-state index contributed by atoms with van der Waals surface area (Å²) in [6, 6.07) is 0.407. The maximum atomic E-state index is 11.8. The van der Waals surface area contributed by atoms with Gasteiger partial charge in [0.1, 0.15) is 0 Å². The van der Waals surface area contributed by atoms with E-state index in [1.165, 1.54) is 25.7 Å². The molecule has 1 saturated heterocycles. The standard InChI is InChI=1S/C14H26N2O2/c17-14(11-15-10-13-8-5-9-18-13)16-12-6-3-1-2-4-7-12/h12-13,15H,1-11H2,(H,16,17)/t13-/m0/s1. The number of carbonyl (C=O) groups excluding carboxylic acids is 1. The molecular formula is C14H26N2O2. The van der Waals surface area contributed by atoms with Crippen molar-refractivity contribution in [3.05, 3.63) is 0 Å². The Morgan fingerprint density at radius 2 is 1.83 bits per heavy atom. The summed E-state index contributed by atoms with van der Waals surface area (Å²) in [5, 5.41) is 6.34. The molecular weight excluding hydrogens is 228 g/mol. The van der Waals surface area contributed by atoms with E-state index in [1.807, 2.05) is 0 Å². The summed E-state index contributed by atoms with van der Waals surface area (Å²) in [5.41, 5.74) is 0. The van der Waals surface area contributed by atoms with Crippen LogP contribution in [0.2, 0.25) is 0 Å². The van der Waals surface area contributed by atoms with Crippen LogP contribution in [-0.2, 0) is 9.53 Å². The molecule has 0 aromatic rings. The molecule has 18 heavy (non-hydrogen) atoms. The highest BCUT2D eigenvalue weighted by atomic mass is 16.5. The van der Waals surface area contributed by atoms with E-state index in [2.05, 4.69) is 10.6 Å². The summed E-state index contributed by atoms with van der Waals surface area (Å²) in [7, 11) is 0. The van der Waals surface area contributed by atoms with Gasteiger partial charge in [0.15, 0.2) is 0 Å². The fourth-order valence-corrected chi connectivity index (χ4v) is 2.85. The Kier molecular flexibility index (Phi) is 5.94. The molecule has 1 saturated carbocycles. The fraction of sp³-hybridized carbons (Fsp3) is 0.929. The largest absolute Gasteiger partial charge is 0.377 e. The Hall–Kier alpha value is -0.610. The van der Waals surface area contributed by atoms with Gasteiger partial charge in [0.05, 0.1) is 12.6 Å². The lowest BCUT2D eigenvalue weighted by Crippen LogP contribution is -2.41. The van der Waals surface area contributed by atoms with E-state index in [0.717, 1.165) is 38.8 Å². The molecule has 0 spiro atoms. The summed E-state index contributed by atoms with van der Waals surface area (Å²) >= 11 is 0. The van der Waals surface area contributed by atoms with Crippen LogP contribution >= 0.6 is 0 Å². The van der Waals surface area contributed by atoms with Crippen molar-refractivity contribution in [3.8, 4) is 0 Å². The lowest BCUT2D eigenvalue weighted by Gasteiger charge is -2.17. The third-order valence-electron chi connectivity index (χ3n) is 3.90. The van der Waals surface area contributed by atoms with E-state index in [-0.39, 0.29) is 5.91 Å². The van der Waals surface area contributed by atoms with Gasteiger partial charge >= 0.3 is 0 Å². The molecule has 0 unspecified atom stereocenters. The van der Waals surface area contributed by atoms with E-state index >= 15 is 0 Å². The monoisotopic (exact) mass is 254 g/mol. The van der Waals surface area contributed by atoms with Gasteiger partial charge in [0.25, 0.3) is 0 Å². The number of hydrogen-bond acceptors (Lipinski definition) is 3. The minimum atomic E-state index is 0.139. The Morgan fingerprint density at radius 3 is 2.50 bits per heavy atom. The van der Waals surface area contributed by atoms with Crippen LogP contribution < -0.4 is 10.6 Å². The predicted octanol–water partition coefficient (Wildman–Crippen LogP) is 1.59. The van der Waals surface area contributed by atoms with Gasteiger partial charge in [0.2, 0.25) is 5.91 Å². The molecule has 4 heteroatoms. The maximum absolute atomic E-state index is 11.8. The van der Waals surface area contributed by atoms with Crippen LogP contribution in [0, 0.1) is 0 Å². The molecule has 2 aliphatic rings. The molecule has 2 N–H and O–H groups in total. The Morgan fingerprint density at radius 1 is 1.06 bits per heavy atom. The van der Waals surface area contributed by atoms with E-state index in [9.17, 15) is 4.79 Å². The van der Waals surface area contributed by atoms with Crippen LogP contribution in [0.3, 0.4) is 0 Å². The van der Waals surface area contributed by atoms with Crippen LogP contribution in [0.25, 0.3) is 0 Å². The van der Waals surface area contributed by atoms with E-state index in [0.29, 0.717) is 18.7 Å². The van der Waals surface area contributed by atoms with Crippen molar-refractivity contribution in [2.45, 2.75) is 63.5 Å². The average Bonchev–Trinajstić information content (AvgIpc) is 2.74. The molecule has 0 radical (unpaired) electrons. The van der Waals surface area contributed by atoms with Crippen LogP contribution in [0.4, 0.5) is 0 Å². The lowest BCUT2D eigenvalue weighted by atomic mass is 10.1. The predicted molar refractivity (Wildman–Crippen MR) is 71.5 cm³/mol. The average molecular weight is 254 g/mol. The van der Waals surface area contributed by atoms with Crippen molar-refractivity contribution >= 4 is 5.91 Å². The van der Waals surface area contributed by atoms with Gasteiger partial charge in [0, 0.05) is 19.2 Å². The normalized spacial score (nSPS) is 25.9. The zero-order valence-electron chi connectivity index (χ0n) is 11.2. The highest BCUT2D eigenvalue weighted by molar-refractivity contribution is 5.78. The van der Waals surface area contributed by atoms with Crippen molar-refractivity contribution in [2.24, 2.45) is 0 Å². The van der Waals surface area contributed by atoms with E-state index < -0.39 is 0 Å². The number of amides is 1. The third-order valence-corrected chi connectivity index (χ3v) is 3.90. The first-order chi connectivity index (χ1) is 8.84. The second-order valence-electron chi connectivity index (χ2n) is 5.52. The molecule has 1 aliphatic heterocycles. The molecule has 0 bridgehead atoms. The summed E-state index contributed by atoms with van der Waals surface area (Å²) in [6.07, 6.45) is 10.1. The Labute approximate surface area is 110 Å². The van der Waals surface area contributed by atoms with Gasteiger partial charge in [-0.15, -0.1) is 0 Å². The minimum absolute atomic E-state index is 0.139. The van der Waals surface area contributed by atoms with Gasteiger partial charge in [-0.3, -0.25) is 4.79 Å². The zero-order valence-corrected chi connectivity index (χ0v) is 11.2. The summed E-state index contributed by atoms with van der Waals surface area (Å²) in [4.78, 5) is 11.8. The first kappa shape index (κ1) is 13.8. The topological polar surface area (TPSA) is 50.4 Å². The summed E-state index contributed by atoms with van der Waals surface area (Å²) in [5.74, 6) is 0.139. The van der Waals surface area contributed by atoms with Gasteiger partial charge in [-0.2, -0.15) is 0 Å². The Bertz CT molecular complexity index is 244. The van der Waals surface area contributed by atoms with E-state index in [1.54, 1.807) is 0 Å². The van der Waals surface area contributed by atoms with Crippen molar-refractivity contribution in [1.29, 1.82) is 0 Å². The highest BCUT2D eigenvalue weighted by Crippen LogP contribution is 2.17. The molecule has 2 rings (SSSR count). The minimum Gasteiger partial charge on any atom is -0.377 e. The van der Waals surface area contributed by atoms with Crippen LogP contribution in [0.1, 0.15) is 51.4 Å². The third kappa shape index (κ3) is 4.94. The fourth-order valence-electron chi connectivity index (χ4n) is 2.85. The molecule has 1 heterocycles. The number of ether oxygens (including phenoxy) is 1. The van der Waals surface area contributed by atoms with Gasteiger partial charge in [-0.05, 0) is 25.7 Å². The SMILES string of the molecule is O=C(CNC[C@@H]1CCCO1)NC1CCCCCC1. The molecule has 2 fully saturated rings. The number of nitrogens with one attached hydrogen (secondary N) is 2. The van der Waals surface area contributed by atoms with Crippen molar-refractivity contribution < 1.29 is 9.53 Å². The van der Waals surface area contributed by atoms with Crippen LogP contribution in [0.5, 0.6) is 0 Å². The van der Waals surface area contributed by atoms with Gasteiger partial charge in [-0.1, -0.05) is 25.7 Å². The summed E-state index contributed by atoms with van der Waals surface area (Å²) < 4.78 is 5.51. The molecule has 104 valence electrons. The molecule has 0 aromatic carbocycles. The number of carbonyl (C=O) groups is 1. The first-order valence-corrected chi connectivity index (χ1v) is 7.46. The zero-order chi connectivity index (χ0) is 12.6. The second kappa shape index (κ2) is 7.74. The second-order valence-corrected chi connectivity index (χ2v) is 5.52. The van der Waals surface area contributed by atoms with Crippen LogP contribution in [-0.4, -0.2) is 37.7 Å². The maximum Gasteiger partial charge on any atom is 0.234 e. The van der Waals surface area contributed by atoms with Crippen LogP contribution in [0.15, 0.2) is 0 Å². The first-order valence-electron chi connectivity index (χ1n) is 7.46. The lowest BCUT2D eigenvalue weighted by molar-refractivity contribution is -0.121. The van der Waals surface area contributed by atoms with E-state index in [4.69, 9.17) is 4.74 Å². The van der Waals surface area contributed by atoms with Gasteiger partial charge < -0.3 is 15.4 Å². The van der Waals surface area contributed by atoms with Gasteiger partial charge in [-0.25, -0.2) is 0 Å². The quantitative estimate of drug-likeness (QED) is 0.733. The van der Waals surface area contributed by atoms with Crippen molar-refractivity contribution in [3.63, 3.8) is 0 Å². The number of rotatable bonds is 5. The molecule has 1 aliphatic carbocycles.